The Morgan fingerprint density at radius 1 is 1.45 bits per heavy atom. The normalized spacial score (nSPS) is 22.8. The summed E-state index contributed by atoms with van der Waals surface area (Å²) in [6.07, 6.45) is 3.92. The van der Waals surface area contributed by atoms with Crippen LogP contribution in [0, 0.1) is 16.0 Å². The number of hydrogen-bond donors (Lipinski definition) is 2. The van der Waals surface area contributed by atoms with Crippen LogP contribution >= 0.6 is 0 Å². The van der Waals surface area contributed by atoms with Gasteiger partial charge in [-0.3, -0.25) is 10.1 Å². The number of aromatic nitrogens is 2. The molecule has 0 radical (unpaired) electrons. The van der Waals surface area contributed by atoms with E-state index in [1.165, 1.54) is 0 Å². The van der Waals surface area contributed by atoms with E-state index in [1.54, 1.807) is 11.7 Å². The molecule has 2 rings (SSSR count). The molecule has 0 atom stereocenters. The van der Waals surface area contributed by atoms with Crippen LogP contribution in [0.5, 0.6) is 0 Å². The monoisotopic (exact) mass is 282 g/mol. The van der Waals surface area contributed by atoms with E-state index in [0.29, 0.717) is 30.4 Å². The summed E-state index contributed by atoms with van der Waals surface area (Å²) in [4.78, 5) is 10.8. The lowest BCUT2D eigenvalue weighted by Gasteiger charge is -2.25. The lowest BCUT2D eigenvalue weighted by molar-refractivity contribution is -0.384. The van der Waals surface area contributed by atoms with E-state index in [0.717, 1.165) is 25.7 Å². The van der Waals surface area contributed by atoms with Crippen molar-refractivity contribution < 1.29 is 10.0 Å². The molecule has 0 bridgehead atoms. The Morgan fingerprint density at radius 2 is 2.10 bits per heavy atom. The first kappa shape index (κ1) is 14.8. The number of rotatable bonds is 5. The van der Waals surface area contributed by atoms with Crippen molar-refractivity contribution in [3.63, 3.8) is 0 Å². The van der Waals surface area contributed by atoms with Crippen molar-refractivity contribution in [2.75, 3.05) is 11.9 Å². The third-order valence-corrected chi connectivity index (χ3v) is 3.98. The van der Waals surface area contributed by atoms with Gasteiger partial charge in [0.15, 0.2) is 0 Å². The Morgan fingerprint density at radius 3 is 2.65 bits per heavy atom. The second kappa shape index (κ2) is 6.21. The van der Waals surface area contributed by atoms with E-state index >= 15 is 0 Å². The average Bonchev–Trinajstić information content (AvgIpc) is 2.74. The molecule has 2 N–H and O–H groups in total. The summed E-state index contributed by atoms with van der Waals surface area (Å²) in [5, 5.41) is 28.1. The van der Waals surface area contributed by atoms with Crippen LogP contribution in [0.25, 0.3) is 0 Å². The fourth-order valence-electron chi connectivity index (χ4n) is 2.79. The van der Waals surface area contributed by atoms with Gasteiger partial charge in [0.25, 0.3) is 0 Å². The molecule has 20 heavy (non-hydrogen) atoms. The molecule has 0 spiro atoms. The standard InChI is InChI=1S/C13H22N4O3/c1-3-11-12(17(19)20)13(16(2)15-11)14-8-9-4-6-10(18)7-5-9/h9-10,14,18H,3-8H2,1-2H3. The summed E-state index contributed by atoms with van der Waals surface area (Å²) < 4.78 is 1.55. The maximum Gasteiger partial charge on any atom is 0.333 e. The zero-order valence-electron chi connectivity index (χ0n) is 12.0. The molecule has 0 unspecified atom stereocenters. The molecular formula is C13H22N4O3. The molecule has 7 nitrogen and oxygen atoms in total. The third kappa shape index (κ3) is 3.09. The first-order chi connectivity index (χ1) is 9.52. The molecule has 1 heterocycles. The van der Waals surface area contributed by atoms with Crippen LogP contribution in [0.15, 0.2) is 0 Å². The lowest BCUT2D eigenvalue weighted by Crippen LogP contribution is -2.24. The Balaban J connectivity index is 2.05. The van der Waals surface area contributed by atoms with E-state index in [-0.39, 0.29) is 16.7 Å². The molecule has 1 aliphatic rings. The smallest absolute Gasteiger partial charge is 0.333 e. The minimum Gasteiger partial charge on any atom is -0.393 e. The van der Waals surface area contributed by atoms with Gasteiger partial charge in [-0.15, -0.1) is 0 Å². The van der Waals surface area contributed by atoms with Crippen molar-refractivity contribution in [1.29, 1.82) is 0 Å². The minimum absolute atomic E-state index is 0.0887. The zero-order valence-corrected chi connectivity index (χ0v) is 12.0. The molecule has 1 aromatic rings. The SMILES string of the molecule is CCc1nn(C)c(NCC2CCC(O)CC2)c1[N+](=O)[O-]. The molecular weight excluding hydrogens is 260 g/mol. The van der Waals surface area contributed by atoms with E-state index in [1.807, 2.05) is 6.92 Å². The molecule has 1 saturated carbocycles. The number of nitro groups is 1. The van der Waals surface area contributed by atoms with Crippen LogP contribution in [0.1, 0.15) is 38.3 Å². The Labute approximate surface area is 118 Å². The Bertz CT molecular complexity index is 478. The zero-order chi connectivity index (χ0) is 14.7. The lowest BCUT2D eigenvalue weighted by atomic mass is 9.87. The van der Waals surface area contributed by atoms with Crippen LogP contribution in [-0.2, 0) is 13.5 Å². The quantitative estimate of drug-likeness (QED) is 0.635. The summed E-state index contributed by atoms with van der Waals surface area (Å²) in [5.41, 5.74) is 0.602. The number of nitrogens with one attached hydrogen (secondary N) is 1. The van der Waals surface area contributed by atoms with Crippen molar-refractivity contribution in [1.82, 2.24) is 9.78 Å². The number of aliphatic hydroxyl groups is 1. The van der Waals surface area contributed by atoms with E-state index in [4.69, 9.17) is 0 Å². The van der Waals surface area contributed by atoms with Crippen LogP contribution in [-0.4, -0.2) is 32.5 Å². The van der Waals surface area contributed by atoms with Gasteiger partial charge in [-0.25, -0.2) is 4.68 Å². The van der Waals surface area contributed by atoms with Gasteiger partial charge in [-0.05, 0) is 38.0 Å². The fraction of sp³-hybridized carbons (Fsp3) is 0.769. The largest absolute Gasteiger partial charge is 0.393 e. The minimum atomic E-state index is -0.362. The summed E-state index contributed by atoms with van der Waals surface area (Å²) in [7, 11) is 1.72. The van der Waals surface area contributed by atoms with Gasteiger partial charge in [0.05, 0.1) is 11.0 Å². The summed E-state index contributed by atoms with van der Waals surface area (Å²) in [5.74, 6) is 0.941. The number of hydrogen-bond acceptors (Lipinski definition) is 5. The van der Waals surface area contributed by atoms with Crippen molar-refractivity contribution in [2.24, 2.45) is 13.0 Å². The van der Waals surface area contributed by atoms with Crippen molar-refractivity contribution in [3.8, 4) is 0 Å². The molecule has 0 amide bonds. The second-order valence-corrected chi connectivity index (χ2v) is 5.43. The van der Waals surface area contributed by atoms with Gasteiger partial charge in [0.2, 0.25) is 5.82 Å². The molecule has 7 heteroatoms. The van der Waals surface area contributed by atoms with Gasteiger partial charge in [-0.2, -0.15) is 5.10 Å². The molecule has 1 aromatic heterocycles. The van der Waals surface area contributed by atoms with Crippen LogP contribution in [0.4, 0.5) is 11.5 Å². The molecule has 0 saturated heterocycles. The first-order valence-electron chi connectivity index (χ1n) is 7.15. The fourth-order valence-corrected chi connectivity index (χ4v) is 2.79. The Hall–Kier alpha value is -1.63. The van der Waals surface area contributed by atoms with E-state index < -0.39 is 0 Å². The van der Waals surface area contributed by atoms with Gasteiger partial charge < -0.3 is 10.4 Å². The van der Waals surface area contributed by atoms with Crippen LogP contribution in [0.2, 0.25) is 0 Å². The summed E-state index contributed by atoms with van der Waals surface area (Å²) in [6.45, 7) is 2.55. The molecule has 0 aromatic carbocycles. The van der Waals surface area contributed by atoms with Gasteiger partial charge in [0.1, 0.15) is 5.69 Å². The third-order valence-electron chi connectivity index (χ3n) is 3.98. The predicted molar refractivity (Wildman–Crippen MR) is 75.7 cm³/mol. The molecule has 1 aliphatic carbocycles. The van der Waals surface area contributed by atoms with Gasteiger partial charge in [0, 0.05) is 13.6 Å². The van der Waals surface area contributed by atoms with Crippen molar-refractivity contribution in [3.05, 3.63) is 15.8 Å². The van der Waals surface area contributed by atoms with Gasteiger partial charge >= 0.3 is 5.69 Å². The summed E-state index contributed by atoms with van der Waals surface area (Å²) >= 11 is 0. The topological polar surface area (TPSA) is 93.2 Å². The number of aliphatic hydroxyl groups excluding tert-OH is 1. The van der Waals surface area contributed by atoms with Crippen LogP contribution < -0.4 is 5.32 Å². The average molecular weight is 282 g/mol. The number of aryl methyl sites for hydroxylation is 2. The number of anilines is 1. The first-order valence-corrected chi connectivity index (χ1v) is 7.15. The van der Waals surface area contributed by atoms with E-state index in [2.05, 4.69) is 10.4 Å². The highest BCUT2D eigenvalue weighted by Gasteiger charge is 2.26. The van der Waals surface area contributed by atoms with Crippen molar-refractivity contribution in [2.45, 2.75) is 45.1 Å². The van der Waals surface area contributed by atoms with Crippen molar-refractivity contribution >= 4 is 11.5 Å². The van der Waals surface area contributed by atoms with E-state index in [9.17, 15) is 15.2 Å². The predicted octanol–water partition coefficient (Wildman–Crippen LogP) is 1.85. The summed E-state index contributed by atoms with van der Waals surface area (Å²) in [6, 6.07) is 0. The van der Waals surface area contributed by atoms with Crippen LogP contribution in [0.3, 0.4) is 0 Å². The molecule has 0 aliphatic heterocycles. The Kier molecular flexibility index (Phi) is 4.59. The highest BCUT2D eigenvalue weighted by molar-refractivity contribution is 5.59. The molecule has 1 fully saturated rings. The highest BCUT2D eigenvalue weighted by Crippen LogP contribution is 2.30. The maximum absolute atomic E-state index is 11.2. The second-order valence-electron chi connectivity index (χ2n) is 5.43. The highest BCUT2D eigenvalue weighted by atomic mass is 16.6. The van der Waals surface area contributed by atoms with Gasteiger partial charge in [-0.1, -0.05) is 6.92 Å². The number of nitrogens with zero attached hydrogens (tertiary/aromatic N) is 3. The maximum atomic E-state index is 11.2. The molecule has 112 valence electrons.